The van der Waals surface area contributed by atoms with Gasteiger partial charge in [0, 0.05) is 18.6 Å². The summed E-state index contributed by atoms with van der Waals surface area (Å²) in [6.07, 6.45) is 1.50. The first-order valence-corrected chi connectivity index (χ1v) is 11.3. The molecule has 3 aromatic rings. The maximum absolute atomic E-state index is 11.6. The van der Waals surface area contributed by atoms with E-state index in [2.05, 4.69) is 24.3 Å². The predicted molar refractivity (Wildman–Crippen MR) is 134 cm³/mol. The molecule has 0 amide bonds. The van der Waals surface area contributed by atoms with Gasteiger partial charge in [0.15, 0.2) is 11.9 Å². The molecule has 0 aliphatic carbocycles. The van der Waals surface area contributed by atoms with Gasteiger partial charge >= 0.3 is 5.97 Å². The number of carbonyl (C=O) groups excluding carboxylic acids is 1. The molecule has 0 saturated heterocycles. The Kier molecular flexibility index (Phi) is 8.77. The van der Waals surface area contributed by atoms with E-state index in [9.17, 15) is 14.7 Å². The monoisotopic (exact) mass is 458 g/mol. The molecule has 0 bridgehead atoms. The van der Waals surface area contributed by atoms with Gasteiger partial charge in [0.2, 0.25) is 0 Å². The number of carboxylic acids is 1. The van der Waals surface area contributed by atoms with Gasteiger partial charge in [0.1, 0.15) is 12.4 Å². The van der Waals surface area contributed by atoms with Crippen molar-refractivity contribution in [2.24, 2.45) is 0 Å². The lowest BCUT2D eigenvalue weighted by Crippen LogP contribution is -2.26. The molecule has 0 aromatic heterocycles. The Labute approximate surface area is 200 Å². The maximum atomic E-state index is 11.6. The second-order valence-electron chi connectivity index (χ2n) is 8.04. The van der Waals surface area contributed by atoms with Crippen LogP contribution in [-0.4, -0.2) is 36.2 Å². The van der Waals surface area contributed by atoms with E-state index in [0.29, 0.717) is 25.2 Å². The predicted octanol–water partition coefficient (Wildman–Crippen LogP) is 6.07. The second kappa shape index (κ2) is 12.0. The second-order valence-corrected chi connectivity index (χ2v) is 8.04. The van der Waals surface area contributed by atoms with Crippen molar-refractivity contribution in [2.45, 2.75) is 33.3 Å². The summed E-state index contributed by atoms with van der Waals surface area (Å²) in [4.78, 5) is 22.9. The van der Waals surface area contributed by atoms with Gasteiger partial charge in [-0.25, -0.2) is 4.79 Å². The Balaban J connectivity index is 1.57. The van der Waals surface area contributed by atoms with Crippen LogP contribution in [-0.2, 0) is 16.0 Å². The summed E-state index contributed by atoms with van der Waals surface area (Å²) in [7, 11) is 0. The average molecular weight is 459 g/mol. The minimum atomic E-state index is -0.958. The number of Topliss-reactive ketones (excluding diaryl/α,β-unsaturated/α-hetero) is 1. The van der Waals surface area contributed by atoms with Gasteiger partial charge in [-0.15, -0.1) is 0 Å². The van der Waals surface area contributed by atoms with Gasteiger partial charge in [-0.05, 0) is 72.9 Å². The van der Waals surface area contributed by atoms with E-state index in [1.54, 1.807) is 13.8 Å². The highest BCUT2D eigenvalue weighted by molar-refractivity contribution is 5.95. The van der Waals surface area contributed by atoms with Gasteiger partial charge in [-0.3, -0.25) is 4.79 Å². The van der Waals surface area contributed by atoms with Crippen molar-refractivity contribution in [3.63, 3.8) is 0 Å². The molecule has 5 nitrogen and oxygen atoms in total. The summed E-state index contributed by atoms with van der Waals surface area (Å²) in [6, 6.07) is 23.3. The van der Waals surface area contributed by atoms with Crippen molar-refractivity contribution in [1.29, 1.82) is 0 Å². The molecule has 0 aliphatic rings. The number of allylic oxidation sites excluding steroid dienone is 1. The summed E-state index contributed by atoms with van der Waals surface area (Å²) in [6.45, 7) is 6.18. The molecule has 0 fully saturated rings. The highest BCUT2D eigenvalue weighted by atomic mass is 16.5. The average Bonchev–Trinajstić information content (AvgIpc) is 2.84. The van der Waals surface area contributed by atoms with Gasteiger partial charge in [-0.1, -0.05) is 54.6 Å². The van der Waals surface area contributed by atoms with Gasteiger partial charge in [0.05, 0.1) is 0 Å². The molecular weight excluding hydrogens is 428 g/mol. The Morgan fingerprint density at radius 2 is 1.62 bits per heavy atom. The third-order valence-corrected chi connectivity index (χ3v) is 5.57. The Morgan fingerprint density at radius 1 is 0.912 bits per heavy atom. The molecule has 0 saturated carbocycles. The standard InChI is InChI=1S/C29H30O5/c1-4-33-28(29(31)32)18-22-8-14-27(15-9-22)34-17-16-20(2)23-10-12-24(13-11-23)26-7-5-6-25(19-26)21(3)30/h5-16,19,28H,4,17-18H2,1-3H3,(H,31,32)/b20-16-. The highest BCUT2D eigenvalue weighted by Crippen LogP contribution is 2.24. The van der Waals surface area contributed by atoms with Gasteiger partial charge < -0.3 is 14.6 Å². The fraction of sp³-hybridized carbons (Fsp3) is 0.241. The first-order valence-electron chi connectivity index (χ1n) is 11.3. The van der Waals surface area contributed by atoms with E-state index in [0.717, 1.165) is 33.6 Å². The first kappa shape index (κ1) is 24.9. The van der Waals surface area contributed by atoms with Crippen LogP contribution in [0.5, 0.6) is 5.75 Å². The number of carbonyl (C=O) groups is 2. The fourth-order valence-electron chi connectivity index (χ4n) is 3.58. The van der Waals surface area contributed by atoms with Crippen molar-refractivity contribution >= 4 is 17.3 Å². The molecule has 34 heavy (non-hydrogen) atoms. The zero-order valence-corrected chi connectivity index (χ0v) is 19.8. The lowest BCUT2D eigenvalue weighted by atomic mass is 9.99. The third-order valence-electron chi connectivity index (χ3n) is 5.57. The van der Waals surface area contributed by atoms with E-state index in [1.165, 1.54) is 0 Å². The molecule has 0 heterocycles. The normalized spacial score (nSPS) is 12.3. The van der Waals surface area contributed by atoms with E-state index in [1.807, 2.05) is 61.5 Å². The molecule has 1 unspecified atom stereocenters. The molecule has 1 atom stereocenters. The van der Waals surface area contributed by atoms with Crippen molar-refractivity contribution in [3.05, 3.63) is 95.6 Å². The number of ether oxygens (including phenoxy) is 2. The largest absolute Gasteiger partial charge is 0.490 e. The molecule has 3 aromatic carbocycles. The van der Waals surface area contributed by atoms with Crippen molar-refractivity contribution in [3.8, 4) is 16.9 Å². The number of aliphatic carboxylic acids is 1. The molecule has 1 N–H and O–H groups in total. The zero-order chi connectivity index (χ0) is 24.5. The van der Waals surface area contributed by atoms with Crippen molar-refractivity contribution in [2.75, 3.05) is 13.2 Å². The third kappa shape index (κ3) is 6.90. The van der Waals surface area contributed by atoms with Crippen LogP contribution in [0.2, 0.25) is 0 Å². The smallest absolute Gasteiger partial charge is 0.333 e. The van der Waals surface area contributed by atoms with Crippen LogP contribution in [0.15, 0.2) is 78.9 Å². The van der Waals surface area contributed by atoms with Crippen molar-refractivity contribution in [1.82, 2.24) is 0 Å². The lowest BCUT2D eigenvalue weighted by Gasteiger charge is -2.12. The molecule has 5 heteroatoms. The van der Waals surface area contributed by atoms with E-state index in [4.69, 9.17) is 9.47 Å². The maximum Gasteiger partial charge on any atom is 0.333 e. The quantitative estimate of drug-likeness (QED) is 0.353. The lowest BCUT2D eigenvalue weighted by molar-refractivity contribution is -0.149. The fourth-order valence-corrected chi connectivity index (χ4v) is 3.58. The number of benzene rings is 3. The first-order chi connectivity index (χ1) is 16.4. The van der Waals surface area contributed by atoms with Crippen LogP contribution in [0.25, 0.3) is 16.7 Å². The topological polar surface area (TPSA) is 72.8 Å². The Bertz CT molecular complexity index is 1140. The molecule has 3 rings (SSSR count). The van der Waals surface area contributed by atoms with Crippen molar-refractivity contribution < 1.29 is 24.2 Å². The van der Waals surface area contributed by atoms with Crippen LogP contribution in [0, 0.1) is 0 Å². The van der Waals surface area contributed by atoms with Crippen LogP contribution < -0.4 is 4.74 Å². The molecule has 0 spiro atoms. The van der Waals surface area contributed by atoms with E-state index >= 15 is 0 Å². The Hall–Kier alpha value is -3.70. The van der Waals surface area contributed by atoms with Crippen LogP contribution in [0.3, 0.4) is 0 Å². The highest BCUT2D eigenvalue weighted by Gasteiger charge is 2.17. The number of carboxylic acid groups (broad SMARTS) is 1. The Morgan fingerprint density at radius 3 is 2.24 bits per heavy atom. The summed E-state index contributed by atoms with van der Waals surface area (Å²) in [5, 5.41) is 9.22. The summed E-state index contributed by atoms with van der Waals surface area (Å²) in [5.74, 6) is -0.181. The molecule has 176 valence electrons. The minimum Gasteiger partial charge on any atom is -0.490 e. The zero-order valence-electron chi connectivity index (χ0n) is 19.8. The summed E-state index contributed by atoms with van der Waals surface area (Å²) < 4.78 is 11.1. The van der Waals surface area contributed by atoms with Crippen LogP contribution in [0.1, 0.15) is 42.3 Å². The molecular formula is C29H30O5. The molecule has 0 aliphatic heterocycles. The van der Waals surface area contributed by atoms with E-state index < -0.39 is 12.1 Å². The van der Waals surface area contributed by atoms with Gasteiger partial charge in [0.25, 0.3) is 0 Å². The molecule has 0 radical (unpaired) electrons. The number of ketones is 1. The SMILES string of the molecule is CCOC(Cc1ccc(OC/C=C(/C)c2ccc(-c3cccc(C(C)=O)c3)cc2)cc1)C(=O)O. The minimum absolute atomic E-state index is 0.0573. The van der Waals surface area contributed by atoms with E-state index in [-0.39, 0.29) is 5.78 Å². The number of hydrogen-bond donors (Lipinski definition) is 1. The summed E-state index contributed by atoms with van der Waals surface area (Å²) in [5.41, 5.74) is 5.87. The van der Waals surface area contributed by atoms with Crippen LogP contribution in [0.4, 0.5) is 0 Å². The van der Waals surface area contributed by atoms with Gasteiger partial charge in [-0.2, -0.15) is 0 Å². The van der Waals surface area contributed by atoms with Crippen LogP contribution >= 0.6 is 0 Å². The number of hydrogen-bond acceptors (Lipinski definition) is 4. The number of rotatable bonds is 11. The summed E-state index contributed by atoms with van der Waals surface area (Å²) >= 11 is 0.